The van der Waals surface area contributed by atoms with E-state index in [1.807, 2.05) is 6.07 Å². The first-order chi connectivity index (χ1) is 18.8. The van der Waals surface area contributed by atoms with Crippen LogP contribution in [0, 0.1) is 0 Å². The maximum atomic E-state index is 6.47. The van der Waals surface area contributed by atoms with Gasteiger partial charge in [-0.2, -0.15) is 0 Å². The molecule has 5 rings (SSSR count). The van der Waals surface area contributed by atoms with Crippen molar-refractivity contribution in [3.8, 4) is 5.75 Å². The zero-order valence-electron chi connectivity index (χ0n) is 22.5. The molecule has 5 aromatic carbocycles. The summed E-state index contributed by atoms with van der Waals surface area (Å²) in [6, 6.07) is 36.4. The lowest BCUT2D eigenvalue weighted by molar-refractivity contribution is 0.0953. The molecule has 5 aromatic rings. The van der Waals surface area contributed by atoms with Crippen molar-refractivity contribution in [1.29, 1.82) is 0 Å². The van der Waals surface area contributed by atoms with E-state index in [0.717, 1.165) is 38.4 Å². The highest BCUT2D eigenvalue weighted by Crippen LogP contribution is 2.34. The Hall–Kier alpha value is -3.66. The maximum Gasteiger partial charge on any atom is 0.123 e. The monoisotopic (exact) mass is 503 g/mol. The predicted molar refractivity (Wildman–Crippen MR) is 159 cm³/mol. The molecule has 0 amide bonds. The van der Waals surface area contributed by atoms with E-state index in [-0.39, 0.29) is 0 Å². The largest absolute Gasteiger partial charge is 0.489 e. The average Bonchev–Trinajstić information content (AvgIpc) is 2.98. The van der Waals surface area contributed by atoms with E-state index < -0.39 is 0 Å². The van der Waals surface area contributed by atoms with Crippen LogP contribution in [0.4, 0.5) is 0 Å². The van der Waals surface area contributed by atoms with Crippen LogP contribution in [0.2, 0.25) is 0 Å². The molecule has 0 aliphatic rings. The predicted octanol–water partition coefficient (Wildman–Crippen LogP) is 8.02. The van der Waals surface area contributed by atoms with Gasteiger partial charge in [0, 0.05) is 18.5 Å². The van der Waals surface area contributed by atoms with Crippen LogP contribution in [0.25, 0.3) is 21.5 Å². The summed E-state index contributed by atoms with van der Waals surface area (Å²) in [6.45, 7) is 9.33. The summed E-state index contributed by atoms with van der Waals surface area (Å²) >= 11 is 0. The van der Waals surface area contributed by atoms with Crippen molar-refractivity contribution < 1.29 is 9.47 Å². The number of ether oxygens (including phenoxy) is 2. The summed E-state index contributed by atoms with van der Waals surface area (Å²) < 4.78 is 12.7. The van der Waals surface area contributed by atoms with Crippen LogP contribution < -0.4 is 4.74 Å². The lowest BCUT2D eigenvalue weighted by Crippen LogP contribution is -2.27. The Morgan fingerprint density at radius 2 is 1.24 bits per heavy atom. The Bertz CT molecular complexity index is 1470. The minimum atomic E-state index is 0.545. The molecule has 0 radical (unpaired) electrons. The molecule has 0 fully saturated rings. The van der Waals surface area contributed by atoms with E-state index in [4.69, 9.17) is 9.47 Å². The summed E-state index contributed by atoms with van der Waals surface area (Å²) in [6.07, 6.45) is 0.779. The molecule has 0 atom stereocenters. The summed E-state index contributed by atoms with van der Waals surface area (Å²) in [5.74, 6) is 0.939. The number of benzene rings is 5. The van der Waals surface area contributed by atoms with Gasteiger partial charge in [0.25, 0.3) is 0 Å². The third-order valence-electron chi connectivity index (χ3n) is 7.43. The normalized spacial score (nSPS) is 11.4. The highest BCUT2D eigenvalue weighted by molar-refractivity contribution is 5.91. The van der Waals surface area contributed by atoms with Crippen LogP contribution in [0.1, 0.15) is 36.1 Å². The maximum absolute atomic E-state index is 6.47. The van der Waals surface area contributed by atoms with Crippen molar-refractivity contribution in [3.63, 3.8) is 0 Å². The molecule has 0 aliphatic carbocycles. The highest BCUT2D eigenvalue weighted by Gasteiger charge is 2.15. The molecule has 0 saturated carbocycles. The molecule has 0 aromatic heterocycles. The number of hydrogen-bond acceptors (Lipinski definition) is 3. The van der Waals surface area contributed by atoms with Crippen molar-refractivity contribution in [2.75, 3.05) is 26.2 Å². The van der Waals surface area contributed by atoms with Crippen molar-refractivity contribution in [2.24, 2.45) is 0 Å². The Balaban J connectivity index is 1.50. The van der Waals surface area contributed by atoms with E-state index in [0.29, 0.717) is 13.2 Å². The number of nitrogens with zero attached hydrogens (tertiary/aromatic N) is 1. The SMILES string of the molecule is CCN(CC)CCOCc1ccc2ccccc2c1Cc1c(OCc2ccccc2)ccc2ccccc12. The van der Waals surface area contributed by atoms with Crippen LogP contribution in [0.5, 0.6) is 5.75 Å². The van der Waals surface area contributed by atoms with Crippen molar-refractivity contribution >= 4 is 21.5 Å². The van der Waals surface area contributed by atoms with Crippen LogP contribution in [-0.4, -0.2) is 31.1 Å². The van der Waals surface area contributed by atoms with Gasteiger partial charge in [-0.25, -0.2) is 0 Å². The fourth-order valence-corrected chi connectivity index (χ4v) is 5.19. The van der Waals surface area contributed by atoms with Gasteiger partial charge in [-0.05, 0) is 57.4 Å². The van der Waals surface area contributed by atoms with Gasteiger partial charge in [0.15, 0.2) is 0 Å². The standard InChI is InChI=1S/C35H37NO2/c1-3-36(4-2)22-23-37-26-30-19-18-28-14-8-10-16-31(28)33(30)24-34-32-17-11-9-15-29(32)20-21-35(34)38-25-27-12-6-5-7-13-27/h5-21H,3-4,22-26H2,1-2H3. The zero-order valence-corrected chi connectivity index (χ0v) is 22.5. The topological polar surface area (TPSA) is 21.7 Å². The molecule has 0 unspecified atom stereocenters. The van der Waals surface area contributed by atoms with Crippen LogP contribution in [0.3, 0.4) is 0 Å². The third-order valence-corrected chi connectivity index (χ3v) is 7.43. The number of rotatable bonds is 12. The molecular weight excluding hydrogens is 466 g/mol. The van der Waals surface area contributed by atoms with Gasteiger partial charge in [0.1, 0.15) is 12.4 Å². The van der Waals surface area contributed by atoms with Gasteiger partial charge in [-0.3, -0.25) is 0 Å². The summed E-state index contributed by atoms with van der Waals surface area (Å²) in [5, 5.41) is 4.99. The minimum Gasteiger partial charge on any atom is -0.489 e. The fraction of sp³-hybridized carbons (Fsp3) is 0.257. The Morgan fingerprint density at radius 3 is 1.95 bits per heavy atom. The molecule has 0 saturated heterocycles. The quantitative estimate of drug-likeness (QED) is 0.161. The zero-order chi connectivity index (χ0) is 26.2. The Kier molecular flexibility index (Phi) is 8.70. The van der Waals surface area contributed by atoms with E-state index in [9.17, 15) is 0 Å². The fourth-order valence-electron chi connectivity index (χ4n) is 5.19. The minimum absolute atomic E-state index is 0.545. The first kappa shape index (κ1) is 26.0. The Morgan fingerprint density at radius 1 is 0.605 bits per heavy atom. The van der Waals surface area contributed by atoms with Crippen molar-refractivity contribution in [3.05, 3.63) is 125 Å². The van der Waals surface area contributed by atoms with E-state index in [2.05, 4.69) is 116 Å². The molecule has 0 heterocycles. The van der Waals surface area contributed by atoms with Crippen molar-refractivity contribution in [1.82, 2.24) is 4.90 Å². The Labute approximate surface area is 226 Å². The molecule has 0 bridgehead atoms. The first-order valence-corrected chi connectivity index (χ1v) is 13.7. The summed E-state index contributed by atoms with van der Waals surface area (Å²) in [7, 11) is 0. The van der Waals surface area contributed by atoms with Crippen LogP contribution in [-0.2, 0) is 24.4 Å². The lowest BCUT2D eigenvalue weighted by atomic mass is 9.91. The number of likely N-dealkylation sites (N-methyl/N-ethyl adjacent to an activating group) is 1. The van der Waals surface area contributed by atoms with Crippen LogP contribution >= 0.6 is 0 Å². The molecule has 0 N–H and O–H groups in total. The molecule has 3 heteroatoms. The molecule has 3 nitrogen and oxygen atoms in total. The lowest BCUT2D eigenvalue weighted by Gasteiger charge is -2.20. The average molecular weight is 504 g/mol. The first-order valence-electron chi connectivity index (χ1n) is 13.7. The van der Waals surface area contributed by atoms with Gasteiger partial charge in [0.2, 0.25) is 0 Å². The van der Waals surface area contributed by atoms with Gasteiger partial charge < -0.3 is 14.4 Å². The molecular formula is C35H37NO2. The summed E-state index contributed by atoms with van der Waals surface area (Å²) in [4.78, 5) is 2.40. The van der Waals surface area contributed by atoms with Gasteiger partial charge in [-0.15, -0.1) is 0 Å². The van der Waals surface area contributed by atoms with Gasteiger partial charge in [0.05, 0.1) is 13.2 Å². The molecule has 194 valence electrons. The number of fused-ring (bicyclic) bond motifs is 2. The van der Waals surface area contributed by atoms with E-state index >= 15 is 0 Å². The molecule has 38 heavy (non-hydrogen) atoms. The molecule has 0 aliphatic heterocycles. The van der Waals surface area contributed by atoms with Crippen molar-refractivity contribution in [2.45, 2.75) is 33.5 Å². The smallest absolute Gasteiger partial charge is 0.123 e. The second-order valence-corrected chi connectivity index (χ2v) is 9.72. The second-order valence-electron chi connectivity index (χ2n) is 9.72. The van der Waals surface area contributed by atoms with E-state index in [1.54, 1.807) is 0 Å². The van der Waals surface area contributed by atoms with Gasteiger partial charge in [-0.1, -0.05) is 111 Å². The molecule has 0 spiro atoms. The van der Waals surface area contributed by atoms with Crippen LogP contribution in [0.15, 0.2) is 103 Å². The summed E-state index contributed by atoms with van der Waals surface area (Å²) in [5.41, 5.74) is 4.94. The number of hydrogen-bond donors (Lipinski definition) is 0. The van der Waals surface area contributed by atoms with Gasteiger partial charge >= 0.3 is 0 Å². The third kappa shape index (κ3) is 6.07. The second kappa shape index (κ2) is 12.7. The van der Waals surface area contributed by atoms with E-state index in [1.165, 1.54) is 43.8 Å². The highest BCUT2D eigenvalue weighted by atomic mass is 16.5.